The minimum atomic E-state index is 0.0640. The van der Waals surface area contributed by atoms with Crippen LogP contribution in [0.15, 0.2) is 17.6 Å². The Morgan fingerprint density at radius 3 is 2.83 bits per heavy atom. The number of hydrogen-bond donors (Lipinski definition) is 0. The number of ketones is 1. The fraction of sp³-hybridized carbons (Fsp3) is 0.385. The molecule has 0 bridgehead atoms. The van der Waals surface area contributed by atoms with Gasteiger partial charge in [-0.05, 0) is 26.0 Å². The summed E-state index contributed by atoms with van der Waals surface area (Å²) in [5.41, 5.74) is 2.90. The molecule has 0 atom stereocenters. The van der Waals surface area contributed by atoms with Gasteiger partial charge in [-0.15, -0.1) is 22.7 Å². The second-order valence-electron chi connectivity index (χ2n) is 4.00. The summed E-state index contributed by atoms with van der Waals surface area (Å²) in [6.45, 7) is 4.72. The second kappa shape index (κ2) is 6.22. The predicted octanol–water partition coefficient (Wildman–Crippen LogP) is 3.26. The molecule has 0 aromatic carbocycles. The lowest BCUT2D eigenvalue weighted by Crippen LogP contribution is -2.09. The van der Waals surface area contributed by atoms with E-state index in [4.69, 9.17) is 4.74 Å². The van der Waals surface area contributed by atoms with Crippen LogP contribution < -0.4 is 0 Å². The Morgan fingerprint density at radius 2 is 2.22 bits per heavy atom. The van der Waals surface area contributed by atoms with Crippen LogP contribution in [-0.4, -0.2) is 24.0 Å². The van der Waals surface area contributed by atoms with E-state index < -0.39 is 0 Å². The van der Waals surface area contributed by atoms with Gasteiger partial charge in [0.25, 0.3) is 0 Å². The van der Waals surface area contributed by atoms with Crippen LogP contribution in [0.5, 0.6) is 0 Å². The van der Waals surface area contributed by atoms with Crippen molar-refractivity contribution in [1.82, 2.24) is 4.98 Å². The van der Waals surface area contributed by atoms with E-state index in [9.17, 15) is 4.79 Å². The molecule has 96 valence electrons. The number of thiazole rings is 1. The van der Waals surface area contributed by atoms with E-state index in [2.05, 4.69) is 4.98 Å². The molecule has 0 fully saturated rings. The highest BCUT2D eigenvalue weighted by Crippen LogP contribution is 2.16. The first-order valence-electron chi connectivity index (χ1n) is 5.73. The first-order valence-corrected chi connectivity index (χ1v) is 7.43. The van der Waals surface area contributed by atoms with Gasteiger partial charge in [0.05, 0.1) is 22.7 Å². The fourth-order valence-electron chi connectivity index (χ4n) is 1.55. The molecule has 0 aliphatic carbocycles. The number of rotatable bonds is 6. The molecule has 2 rings (SSSR count). The molecule has 2 aromatic heterocycles. The maximum absolute atomic E-state index is 11.8. The number of aromatic nitrogens is 1. The SMILES string of the molecule is Cc1ccc(C(=O)COCCc2scnc2C)s1. The van der Waals surface area contributed by atoms with Gasteiger partial charge in [0, 0.05) is 16.2 Å². The molecule has 0 amide bonds. The number of carbonyl (C=O) groups is 1. The molecule has 0 aliphatic rings. The number of Topliss-reactive ketones (excluding diaryl/α,β-unsaturated/α-hetero) is 1. The number of thiophene rings is 1. The van der Waals surface area contributed by atoms with Crippen molar-refractivity contribution in [2.45, 2.75) is 20.3 Å². The van der Waals surface area contributed by atoms with Crippen molar-refractivity contribution in [2.24, 2.45) is 0 Å². The Kier molecular flexibility index (Phi) is 4.63. The van der Waals surface area contributed by atoms with Crippen molar-refractivity contribution in [3.05, 3.63) is 38.0 Å². The van der Waals surface area contributed by atoms with Crippen LogP contribution in [0.1, 0.15) is 25.1 Å². The third-order valence-electron chi connectivity index (χ3n) is 2.57. The molecule has 3 nitrogen and oxygen atoms in total. The van der Waals surface area contributed by atoms with Gasteiger partial charge in [-0.2, -0.15) is 0 Å². The van der Waals surface area contributed by atoms with E-state index in [0.717, 1.165) is 21.9 Å². The van der Waals surface area contributed by atoms with E-state index >= 15 is 0 Å². The van der Waals surface area contributed by atoms with Gasteiger partial charge in [0.15, 0.2) is 5.78 Å². The van der Waals surface area contributed by atoms with E-state index in [0.29, 0.717) is 6.61 Å². The monoisotopic (exact) mass is 281 g/mol. The van der Waals surface area contributed by atoms with Crippen LogP contribution in [0.2, 0.25) is 0 Å². The molecule has 2 aromatic rings. The van der Waals surface area contributed by atoms with Gasteiger partial charge in [-0.25, -0.2) is 4.98 Å². The number of nitrogens with zero attached hydrogens (tertiary/aromatic N) is 1. The maximum Gasteiger partial charge on any atom is 0.198 e. The van der Waals surface area contributed by atoms with Crippen molar-refractivity contribution in [3.8, 4) is 0 Å². The summed E-state index contributed by atoms with van der Waals surface area (Å²) in [6, 6.07) is 3.82. The normalized spacial score (nSPS) is 10.8. The van der Waals surface area contributed by atoms with Gasteiger partial charge in [0.1, 0.15) is 6.61 Å². The first kappa shape index (κ1) is 13.4. The standard InChI is InChI=1S/C13H15NO2S2/c1-9-3-4-13(18-9)11(15)7-16-6-5-12-10(2)14-8-17-12/h3-4,8H,5-7H2,1-2H3. The van der Waals surface area contributed by atoms with Crippen molar-refractivity contribution in [2.75, 3.05) is 13.2 Å². The number of ether oxygens (including phenoxy) is 1. The summed E-state index contributed by atoms with van der Waals surface area (Å²) in [4.78, 5) is 19.1. The molecular weight excluding hydrogens is 266 g/mol. The Labute approximate surface area is 114 Å². The highest BCUT2D eigenvalue weighted by Gasteiger charge is 2.08. The average molecular weight is 281 g/mol. The van der Waals surface area contributed by atoms with Crippen LogP contribution in [0, 0.1) is 13.8 Å². The second-order valence-corrected chi connectivity index (χ2v) is 6.22. The largest absolute Gasteiger partial charge is 0.373 e. The Hall–Kier alpha value is -1.04. The van der Waals surface area contributed by atoms with Gasteiger partial charge in [0.2, 0.25) is 0 Å². The predicted molar refractivity (Wildman–Crippen MR) is 74.8 cm³/mol. The Morgan fingerprint density at radius 1 is 1.39 bits per heavy atom. The number of aryl methyl sites for hydroxylation is 2. The maximum atomic E-state index is 11.8. The zero-order chi connectivity index (χ0) is 13.0. The van der Waals surface area contributed by atoms with Crippen molar-refractivity contribution in [1.29, 1.82) is 0 Å². The lowest BCUT2D eigenvalue weighted by molar-refractivity contribution is 0.0770. The van der Waals surface area contributed by atoms with E-state index in [1.807, 2.05) is 31.5 Å². The molecular formula is C13H15NO2S2. The Bertz CT molecular complexity index is 531. The quantitative estimate of drug-likeness (QED) is 0.602. The molecule has 0 saturated heterocycles. The molecule has 0 saturated carbocycles. The van der Waals surface area contributed by atoms with Gasteiger partial charge >= 0.3 is 0 Å². The summed E-state index contributed by atoms with van der Waals surface area (Å²) < 4.78 is 5.42. The smallest absolute Gasteiger partial charge is 0.198 e. The molecule has 18 heavy (non-hydrogen) atoms. The molecule has 2 heterocycles. The molecule has 0 unspecified atom stereocenters. The van der Waals surface area contributed by atoms with E-state index in [1.54, 1.807) is 11.3 Å². The third kappa shape index (κ3) is 3.48. The summed E-state index contributed by atoms with van der Waals surface area (Å²) in [5, 5.41) is 0. The van der Waals surface area contributed by atoms with E-state index in [-0.39, 0.29) is 12.4 Å². The average Bonchev–Trinajstić information content (AvgIpc) is 2.94. The highest BCUT2D eigenvalue weighted by atomic mass is 32.1. The highest BCUT2D eigenvalue weighted by molar-refractivity contribution is 7.14. The summed E-state index contributed by atoms with van der Waals surface area (Å²) in [5.74, 6) is 0.0640. The zero-order valence-corrected chi connectivity index (χ0v) is 12.1. The van der Waals surface area contributed by atoms with Gasteiger partial charge in [-0.1, -0.05) is 0 Å². The summed E-state index contributed by atoms with van der Waals surface area (Å²) in [6.07, 6.45) is 0.827. The lowest BCUT2D eigenvalue weighted by atomic mass is 10.3. The zero-order valence-electron chi connectivity index (χ0n) is 10.4. The number of hydrogen-bond acceptors (Lipinski definition) is 5. The third-order valence-corrected chi connectivity index (χ3v) is 4.60. The Balaban J connectivity index is 1.73. The minimum Gasteiger partial charge on any atom is -0.373 e. The molecule has 0 spiro atoms. The van der Waals surface area contributed by atoms with Crippen molar-refractivity contribution in [3.63, 3.8) is 0 Å². The topological polar surface area (TPSA) is 39.2 Å². The summed E-state index contributed by atoms with van der Waals surface area (Å²) in [7, 11) is 0. The van der Waals surface area contributed by atoms with Crippen molar-refractivity contribution >= 4 is 28.5 Å². The van der Waals surface area contributed by atoms with Crippen LogP contribution in [0.4, 0.5) is 0 Å². The van der Waals surface area contributed by atoms with E-state index in [1.165, 1.54) is 16.2 Å². The first-order chi connectivity index (χ1) is 8.66. The summed E-state index contributed by atoms with van der Waals surface area (Å²) >= 11 is 3.15. The number of carbonyl (C=O) groups excluding carboxylic acids is 1. The van der Waals surface area contributed by atoms with Gasteiger partial charge in [-0.3, -0.25) is 4.79 Å². The minimum absolute atomic E-state index is 0.0640. The molecule has 5 heteroatoms. The van der Waals surface area contributed by atoms with Crippen LogP contribution in [0.25, 0.3) is 0 Å². The molecule has 0 aliphatic heterocycles. The molecule has 0 N–H and O–H groups in total. The van der Waals surface area contributed by atoms with Crippen LogP contribution in [0.3, 0.4) is 0 Å². The lowest BCUT2D eigenvalue weighted by Gasteiger charge is -2.01. The fourth-order valence-corrected chi connectivity index (χ4v) is 3.11. The van der Waals surface area contributed by atoms with Crippen LogP contribution in [-0.2, 0) is 11.2 Å². The molecule has 0 radical (unpaired) electrons. The van der Waals surface area contributed by atoms with Crippen molar-refractivity contribution < 1.29 is 9.53 Å². The van der Waals surface area contributed by atoms with Crippen LogP contribution >= 0.6 is 22.7 Å². The van der Waals surface area contributed by atoms with Gasteiger partial charge < -0.3 is 4.74 Å².